The molecule has 5 heteroatoms. The zero-order chi connectivity index (χ0) is 12.5. The molecule has 1 heterocycles. The lowest BCUT2D eigenvalue weighted by molar-refractivity contribution is -0.184. The van der Waals surface area contributed by atoms with Crippen LogP contribution in [0.25, 0.3) is 0 Å². The Hall–Kier alpha value is -1.52. The number of alkyl halides is 3. The molecule has 1 saturated heterocycles. The van der Waals surface area contributed by atoms with Gasteiger partial charge in [-0.2, -0.15) is 13.2 Å². The van der Waals surface area contributed by atoms with E-state index in [9.17, 15) is 18.0 Å². The summed E-state index contributed by atoms with van der Waals surface area (Å²) in [6.45, 7) is 0.334. The van der Waals surface area contributed by atoms with Crippen molar-refractivity contribution in [2.24, 2.45) is 0 Å². The fourth-order valence-corrected chi connectivity index (χ4v) is 2.12. The van der Waals surface area contributed by atoms with Crippen LogP contribution in [0.15, 0.2) is 30.3 Å². The Morgan fingerprint density at radius 3 is 2.47 bits per heavy atom. The maximum Gasteiger partial charge on any atom is 0.471 e. The number of carbonyl (C=O) groups is 1. The number of hydrogen-bond donors (Lipinski definition) is 0. The summed E-state index contributed by atoms with van der Waals surface area (Å²) in [6.07, 6.45) is -4.17. The second-order valence-corrected chi connectivity index (χ2v) is 4.15. The molecule has 1 unspecified atom stereocenters. The minimum Gasteiger partial charge on any atom is -0.334 e. The van der Waals surface area contributed by atoms with Crippen LogP contribution in [0.5, 0.6) is 0 Å². The molecule has 0 aromatic heterocycles. The zero-order valence-electron chi connectivity index (χ0n) is 9.07. The second kappa shape index (κ2) is 4.39. The lowest BCUT2D eigenvalue weighted by Gasteiger charge is -2.18. The largest absolute Gasteiger partial charge is 0.471 e. The van der Waals surface area contributed by atoms with Gasteiger partial charge in [0.05, 0.1) is 0 Å². The topological polar surface area (TPSA) is 20.3 Å². The van der Waals surface area contributed by atoms with Crippen LogP contribution in [0.4, 0.5) is 13.2 Å². The highest BCUT2D eigenvalue weighted by Crippen LogP contribution is 2.29. The summed E-state index contributed by atoms with van der Waals surface area (Å²) < 4.78 is 36.7. The SMILES string of the molecule is O=C(N1CCC(c2ccccc2)C1)C(F)(F)F. The average Bonchev–Trinajstić information content (AvgIpc) is 2.77. The van der Waals surface area contributed by atoms with Crippen LogP contribution in [0.1, 0.15) is 17.9 Å². The third kappa shape index (κ3) is 2.60. The Labute approximate surface area is 97.0 Å². The van der Waals surface area contributed by atoms with E-state index in [1.54, 1.807) is 0 Å². The molecular weight excluding hydrogens is 231 g/mol. The average molecular weight is 243 g/mol. The normalized spacial score (nSPS) is 20.6. The Bertz CT molecular complexity index is 402. The van der Waals surface area contributed by atoms with Crippen molar-refractivity contribution < 1.29 is 18.0 Å². The number of likely N-dealkylation sites (tertiary alicyclic amines) is 1. The highest BCUT2D eigenvalue weighted by atomic mass is 19.4. The van der Waals surface area contributed by atoms with E-state index in [4.69, 9.17) is 0 Å². The third-order valence-electron chi connectivity index (χ3n) is 2.99. The molecular formula is C12H12F3NO. The monoisotopic (exact) mass is 243 g/mol. The van der Waals surface area contributed by atoms with Crippen LogP contribution in [0.3, 0.4) is 0 Å². The molecule has 0 aliphatic carbocycles. The summed E-state index contributed by atoms with van der Waals surface area (Å²) in [5.41, 5.74) is 0.991. The molecule has 1 aliphatic heterocycles. The number of hydrogen-bond acceptors (Lipinski definition) is 1. The first-order valence-electron chi connectivity index (χ1n) is 5.39. The summed E-state index contributed by atoms with van der Waals surface area (Å²) in [4.78, 5) is 11.9. The first-order chi connectivity index (χ1) is 7.98. The summed E-state index contributed by atoms with van der Waals surface area (Å²) in [7, 11) is 0. The fourth-order valence-electron chi connectivity index (χ4n) is 2.12. The molecule has 1 atom stereocenters. The summed E-state index contributed by atoms with van der Waals surface area (Å²) in [6, 6.07) is 9.32. The molecule has 1 aliphatic rings. The molecule has 0 saturated carbocycles. The first-order valence-corrected chi connectivity index (χ1v) is 5.39. The van der Waals surface area contributed by atoms with Crippen LogP contribution in [0, 0.1) is 0 Å². The van der Waals surface area contributed by atoms with Gasteiger partial charge >= 0.3 is 12.1 Å². The first kappa shape index (κ1) is 12.0. The number of nitrogens with zero attached hydrogens (tertiary/aromatic N) is 1. The maximum atomic E-state index is 12.2. The van der Waals surface area contributed by atoms with Gasteiger partial charge in [0.25, 0.3) is 0 Å². The Morgan fingerprint density at radius 2 is 1.88 bits per heavy atom. The molecule has 92 valence electrons. The second-order valence-electron chi connectivity index (χ2n) is 4.15. The van der Waals surface area contributed by atoms with Crippen molar-refractivity contribution in [1.29, 1.82) is 0 Å². The summed E-state index contributed by atoms with van der Waals surface area (Å²) >= 11 is 0. The molecule has 2 rings (SSSR count). The van der Waals surface area contributed by atoms with Crippen molar-refractivity contribution in [2.75, 3.05) is 13.1 Å². The molecule has 1 aromatic carbocycles. The van der Waals surface area contributed by atoms with E-state index in [2.05, 4.69) is 0 Å². The predicted molar refractivity (Wildman–Crippen MR) is 56.4 cm³/mol. The van der Waals surface area contributed by atoms with Gasteiger partial charge in [-0.3, -0.25) is 4.79 Å². The summed E-state index contributed by atoms with van der Waals surface area (Å²) in [5.74, 6) is -1.71. The quantitative estimate of drug-likeness (QED) is 0.742. The van der Waals surface area contributed by atoms with Gasteiger partial charge in [-0.25, -0.2) is 0 Å². The van der Waals surface area contributed by atoms with Gasteiger partial charge in [0.2, 0.25) is 0 Å². The van der Waals surface area contributed by atoms with Crippen molar-refractivity contribution in [2.45, 2.75) is 18.5 Å². The Kier molecular flexibility index (Phi) is 3.09. The van der Waals surface area contributed by atoms with Crippen LogP contribution in [0.2, 0.25) is 0 Å². The number of rotatable bonds is 1. The van der Waals surface area contributed by atoms with Crippen molar-refractivity contribution in [1.82, 2.24) is 4.90 Å². The molecule has 1 amide bonds. The van der Waals surface area contributed by atoms with Crippen LogP contribution in [-0.4, -0.2) is 30.1 Å². The van der Waals surface area contributed by atoms with Crippen molar-refractivity contribution >= 4 is 5.91 Å². The van der Waals surface area contributed by atoms with Gasteiger partial charge in [-0.15, -0.1) is 0 Å². The molecule has 1 aromatic rings. The van der Waals surface area contributed by atoms with Crippen molar-refractivity contribution in [3.8, 4) is 0 Å². The van der Waals surface area contributed by atoms with E-state index in [1.165, 1.54) is 0 Å². The van der Waals surface area contributed by atoms with Crippen molar-refractivity contribution in [3.05, 3.63) is 35.9 Å². The van der Waals surface area contributed by atoms with E-state index >= 15 is 0 Å². The molecule has 0 radical (unpaired) electrons. The Balaban J connectivity index is 2.04. The van der Waals surface area contributed by atoms with Gasteiger partial charge in [0.15, 0.2) is 0 Å². The standard InChI is InChI=1S/C12H12F3NO/c13-12(14,15)11(17)16-7-6-10(8-16)9-4-2-1-3-5-9/h1-5,10H,6-8H2. The molecule has 1 fully saturated rings. The van der Waals surface area contributed by atoms with Gasteiger partial charge in [0.1, 0.15) is 0 Å². The van der Waals surface area contributed by atoms with E-state index in [1.807, 2.05) is 30.3 Å². The zero-order valence-corrected chi connectivity index (χ0v) is 9.07. The van der Waals surface area contributed by atoms with E-state index in [0.717, 1.165) is 10.5 Å². The number of carbonyl (C=O) groups excluding carboxylic acids is 1. The van der Waals surface area contributed by atoms with E-state index < -0.39 is 12.1 Å². The lowest BCUT2D eigenvalue weighted by atomic mass is 9.99. The Morgan fingerprint density at radius 1 is 1.24 bits per heavy atom. The van der Waals surface area contributed by atoms with Crippen molar-refractivity contribution in [3.63, 3.8) is 0 Å². The summed E-state index contributed by atoms with van der Waals surface area (Å²) in [5, 5.41) is 0. The third-order valence-corrected chi connectivity index (χ3v) is 2.99. The van der Waals surface area contributed by atoms with Crippen LogP contribution >= 0.6 is 0 Å². The molecule has 17 heavy (non-hydrogen) atoms. The minimum absolute atomic E-state index is 0.0162. The van der Waals surface area contributed by atoms with Gasteiger partial charge < -0.3 is 4.90 Å². The maximum absolute atomic E-state index is 12.2. The van der Waals surface area contributed by atoms with Gasteiger partial charge in [0, 0.05) is 19.0 Å². The van der Waals surface area contributed by atoms with Gasteiger partial charge in [-0.05, 0) is 12.0 Å². The molecule has 0 spiro atoms. The van der Waals surface area contributed by atoms with Crippen LogP contribution < -0.4 is 0 Å². The van der Waals surface area contributed by atoms with Crippen LogP contribution in [-0.2, 0) is 4.79 Å². The molecule has 0 N–H and O–H groups in total. The van der Waals surface area contributed by atoms with Gasteiger partial charge in [-0.1, -0.05) is 30.3 Å². The van der Waals surface area contributed by atoms with E-state index in [0.29, 0.717) is 6.42 Å². The predicted octanol–water partition coefficient (Wildman–Crippen LogP) is 2.56. The molecule has 0 bridgehead atoms. The molecule has 2 nitrogen and oxygen atoms in total. The fraction of sp³-hybridized carbons (Fsp3) is 0.417. The lowest BCUT2D eigenvalue weighted by Crippen LogP contribution is -2.39. The van der Waals surface area contributed by atoms with E-state index in [-0.39, 0.29) is 19.0 Å². The highest BCUT2D eigenvalue weighted by molar-refractivity contribution is 5.82. The minimum atomic E-state index is -4.76. The number of benzene rings is 1. The highest BCUT2D eigenvalue weighted by Gasteiger charge is 2.44. The smallest absolute Gasteiger partial charge is 0.334 e. The number of halogens is 3. The number of amides is 1.